The Morgan fingerprint density at radius 2 is 1.71 bits per heavy atom. The number of halogens is 1. The molecule has 1 aromatic rings. The molecule has 0 aliphatic heterocycles. The van der Waals surface area contributed by atoms with Gasteiger partial charge >= 0.3 is 10.2 Å². The fraction of sp³-hybridized carbons (Fsp3) is 0.364. The predicted molar refractivity (Wildman–Crippen MR) is 77.3 cm³/mol. The van der Waals surface area contributed by atoms with Crippen LogP contribution in [0.2, 0.25) is 0 Å². The van der Waals surface area contributed by atoms with Crippen molar-refractivity contribution in [2.45, 2.75) is 17.7 Å². The highest BCUT2D eigenvalue weighted by Gasteiger charge is 2.34. The van der Waals surface area contributed by atoms with E-state index in [4.69, 9.17) is 11.6 Å². The summed E-state index contributed by atoms with van der Waals surface area (Å²) >= 11 is 5.49. The lowest BCUT2D eigenvalue weighted by Gasteiger charge is -2.18. The second kappa shape index (κ2) is 7.67. The van der Waals surface area contributed by atoms with Crippen LogP contribution in [0.15, 0.2) is 39.6 Å². The van der Waals surface area contributed by atoms with Gasteiger partial charge in [-0.3, -0.25) is 0 Å². The summed E-state index contributed by atoms with van der Waals surface area (Å²) in [6.07, 6.45) is 1.49. The van der Waals surface area contributed by atoms with Crippen LogP contribution in [0.5, 0.6) is 0 Å². The molecule has 7 nitrogen and oxygen atoms in total. The molecule has 0 radical (unpaired) electrons. The molecule has 0 saturated carbocycles. The lowest BCUT2D eigenvalue weighted by molar-refractivity contribution is 0.489. The monoisotopic (exact) mass is 352 g/mol. The van der Waals surface area contributed by atoms with E-state index in [1.54, 1.807) is 6.07 Å². The number of unbranched alkanes of at least 4 members (excludes halogenated alkanes) is 1. The molecule has 0 heterocycles. The molecule has 0 aromatic heterocycles. The van der Waals surface area contributed by atoms with Gasteiger partial charge in [0.25, 0.3) is 16.1 Å². The maximum atomic E-state index is 12.4. The quantitative estimate of drug-likeness (QED) is 0.303. The van der Waals surface area contributed by atoms with E-state index in [-0.39, 0.29) is 27.5 Å². The number of rotatable bonds is 8. The summed E-state index contributed by atoms with van der Waals surface area (Å²) in [6, 6.07) is 7.02. The predicted octanol–water partition coefficient (Wildman–Crippen LogP) is 1.28. The van der Waals surface area contributed by atoms with Crippen molar-refractivity contribution >= 4 is 37.9 Å². The normalized spacial score (nSPS) is 12.1. The highest BCUT2D eigenvalue weighted by molar-refractivity contribution is 8.03. The molecule has 0 saturated heterocycles. The highest BCUT2D eigenvalue weighted by Crippen LogP contribution is 2.20. The average Bonchev–Trinajstić information content (AvgIpc) is 2.44. The number of sulfonamides is 1. The molecule has 0 fully saturated rings. The Kier molecular flexibility index (Phi) is 6.50. The first-order chi connectivity index (χ1) is 9.86. The van der Waals surface area contributed by atoms with Gasteiger partial charge < -0.3 is 0 Å². The SMILES string of the molecule is O=C=NS(=O)(=O)N(CCCCCl)S(=O)(=O)c1ccccc1. The van der Waals surface area contributed by atoms with Crippen LogP contribution in [0.4, 0.5) is 0 Å². The standard InChI is InChI=1S/C11H13ClN2O5S2/c12-8-4-5-9-14(21(18,19)13-10-15)20(16,17)11-6-2-1-3-7-11/h1-3,6-7H,4-5,8-9H2. The zero-order valence-corrected chi connectivity index (χ0v) is 13.2. The molecular weight excluding hydrogens is 340 g/mol. The summed E-state index contributed by atoms with van der Waals surface area (Å²) < 4.78 is 51.2. The van der Waals surface area contributed by atoms with Crippen molar-refractivity contribution in [1.29, 1.82) is 0 Å². The first kappa shape index (κ1) is 17.8. The van der Waals surface area contributed by atoms with Gasteiger partial charge in [-0.2, -0.15) is 8.42 Å². The van der Waals surface area contributed by atoms with E-state index in [2.05, 4.69) is 4.40 Å². The fourth-order valence-corrected chi connectivity index (χ4v) is 4.69. The second-order valence-electron chi connectivity index (χ2n) is 3.87. The molecule has 1 aromatic carbocycles. The van der Waals surface area contributed by atoms with Gasteiger partial charge in [0, 0.05) is 12.4 Å². The van der Waals surface area contributed by atoms with Crippen molar-refractivity contribution in [2.24, 2.45) is 4.40 Å². The van der Waals surface area contributed by atoms with Crippen LogP contribution in [-0.2, 0) is 25.0 Å². The summed E-state index contributed by atoms with van der Waals surface area (Å²) in [7, 11) is -8.99. The van der Waals surface area contributed by atoms with Gasteiger partial charge in [-0.25, -0.2) is 13.2 Å². The van der Waals surface area contributed by atoms with Crippen molar-refractivity contribution in [3.8, 4) is 0 Å². The highest BCUT2D eigenvalue weighted by atomic mass is 35.5. The minimum atomic E-state index is -4.66. The number of nitrogens with zero attached hydrogens (tertiary/aromatic N) is 2. The third-order valence-corrected chi connectivity index (χ3v) is 6.45. The molecule has 21 heavy (non-hydrogen) atoms. The maximum Gasteiger partial charge on any atom is 0.346 e. The van der Waals surface area contributed by atoms with Crippen molar-refractivity contribution in [1.82, 2.24) is 3.71 Å². The summed E-state index contributed by atoms with van der Waals surface area (Å²) in [5.74, 6) is 0.260. The molecule has 0 amide bonds. The Bertz CT molecular complexity index is 712. The molecule has 0 aliphatic rings. The summed E-state index contributed by atoms with van der Waals surface area (Å²) in [5, 5.41) is 0. The van der Waals surface area contributed by atoms with Crippen molar-refractivity contribution < 1.29 is 21.6 Å². The maximum absolute atomic E-state index is 12.4. The first-order valence-electron chi connectivity index (χ1n) is 5.84. The summed E-state index contributed by atoms with van der Waals surface area (Å²) in [4.78, 5) is 10.00. The van der Waals surface area contributed by atoms with Crippen molar-refractivity contribution in [3.63, 3.8) is 0 Å². The van der Waals surface area contributed by atoms with Gasteiger partial charge in [0.2, 0.25) is 0 Å². The van der Waals surface area contributed by atoms with Crippen LogP contribution in [0.3, 0.4) is 0 Å². The van der Waals surface area contributed by atoms with Crippen molar-refractivity contribution in [2.75, 3.05) is 12.4 Å². The van der Waals surface area contributed by atoms with Gasteiger partial charge in [0.1, 0.15) is 0 Å². The molecule has 1 rings (SSSR count). The fourth-order valence-electron chi connectivity index (χ4n) is 1.50. The van der Waals surface area contributed by atoms with Crippen LogP contribution >= 0.6 is 11.6 Å². The van der Waals surface area contributed by atoms with Crippen LogP contribution in [0, 0.1) is 0 Å². The van der Waals surface area contributed by atoms with Crippen LogP contribution in [0.1, 0.15) is 12.8 Å². The number of benzene rings is 1. The molecule has 0 unspecified atom stereocenters. The third kappa shape index (κ3) is 4.62. The zero-order chi connectivity index (χ0) is 15.9. The van der Waals surface area contributed by atoms with E-state index >= 15 is 0 Å². The number of hydrogen-bond acceptors (Lipinski definition) is 5. The lowest BCUT2D eigenvalue weighted by atomic mass is 10.3. The van der Waals surface area contributed by atoms with E-state index in [0.717, 1.165) is 6.08 Å². The molecule has 0 atom stereocenters. The minimum absolute atomic E-state index is 0.187. The van der Waals surface area contributed by atoms with Gasteiger partial charge in [-0.05, 0) is 25.0 Å². The average molecular weight is 353 g/mol. The largest absolute Gasteiger partial charge is 0.346 e. The molecule has 0 N–H and O–H groups in total. The van der Waals surface area contributed by atoms with Gasteiger partial charge in [-0.15, -0.1) is 11.6 Å². The lowest BCUT2D eigenvalue weighted by Crippen LogP contribution is -2.36. The smallest absolute Gasteiger partial charge is 0.210 e. The Morgan fingerprint density at radius 3 is 2.24 bits per heavy atom. The van der Waals surface area contributed by atoms with Gasteiger partial charge in [0.05, 0.1) is 4.90 Å². The second-order valence-corrected chi connectivity index (χ2v) is 7.86. The van der Waals surface area contributed by atoms with Crippen LogP contribution < -0.4 is 0 Å². The van der Waals surface area contributed by atoms with E-state index in [0.29, 0.717) is 6.42 Å². The Hall–Kier alpha value is -1.25. The van der Waals surface area contributed by atoms with E-state index < -0.39 is 20.2 Å². The van der Waals surface area contributed by atoms with Gasteiger partial charge in [-0.1, -0.05) is 26.3 Å². The Morgan fingerprint density at radius 1 is 1.10 bits per heavy atom. The third-order valence-electron chi connectivity index (χ3n) is 2.44. The molecule has 10 heteroatoms. The zero-order valence-electron chi connectivity index (χ0n) is 10.8. The molecule has 0 spiro atoms. The van der Waals surface area contributed by atoms with E-state index in [1.807, 2.05) is 0 Å². The van der Waals surface area contributed by atoms with E-state index in [1.165, 1.54) is 24.3 Å². The number of carbonyl (C=O) groups excluding carboxylic acids is 1. The number of alkyl halides is 1. The number of isocyanates is 1. The van der Waals surface area contributed by atoms with Crippen molar-refractivity contribution in [3.05, 3.63) is 30.3 Å². The summed E-state index contributed by atoms with van der Waals surface area (Å²) in [6.45, 7) is -0.350. The molecule has 0 bridgehead atoms. The van der Waals surface area contributed by atoms with Gasteiger partial charge in [0.15, 0.2) is 0 Å². The Labute approximate surface area is 128 Å². The molecule has 0 aliphatic carbocycles. The minimum Gasteiger partial charge on any atom is -0.210 e. The van der Waals surface area contributed by atoms with Crippen LogP contribution in [-0.4, -0.2) is 39.1 Å². The topological polar surface area (TPSA) is 101 Å². The first-order valence-corrected chi connectivity index (χ1v) is 9.21. The van der Waals surface area contributed by atoms with E-state index in [9.17, 15) is 21.6 Å². The Balaban J connectivity index is 3.27. The molecular formula is C11H13ClN2O5S2. The van der Waals surface area contributed by atoms with Crippen LogP contribution in [0.25, 0.3) is 0 Å². The number of hydrogen-bond donors (Lipinski definition) is 0. The molecule has 116 valence electrons. The summed E-state index contributed by atoms with van der Waals surface area (Å²) in [5.41, 5.74) is 0.